The van der Waals surface area contributed by atoms with Crippen molar-refractivity contribution in [3.8, 4) is 0 Å². The molecule has 2 spiro atoms. The van der Waals surface area contributed by atoms with Crippen LogP contribution in [0.15, 0.2) is 0 Å². The van der Waals surface area contributed by atoms with E-state index in [1.807, 2.05) is 32.6 Å². The molecule has 8 fully saturated rings. The van der Waals surface area contributed by atoms with Gasteiger partial charge in [0.15, 0.2) is 6.29 Å². The number of nitrogens with zero attached hydrogens (tertiary/aromatic N) is 2. The number of aliphatic hydroxyl groups excluding tert-OH is 1. The smallest absolute Gasteiger partial charge is 0.239 e. The van der Waals surface area contributed by atoms with Crippen LogP contribution in [0.4, 0.5) is 0 Å². The number of hydrogen-bond acceptors (Lipinski definition) is 8. The highest BCUT2D eigenvalue weighted by atomic mass is 16.7. The summed E-state index contributed by atoms with van der Waals surface area (Å²) in [5, 5.41) is 23.7. The molecule has 2 N–H and O–H groups in total. The van der Waals surface area contributed by atoms with E-state index in [0.29, 0.717) is 48.8 Å². The Morgan fingerprint density at radius 3 is 2.39 bits per heavy atom. The van der Waals surface area contributed by atoms with Crippen molar-refractivity contribution in [2.24, 2.45) is 50.7 Å². The van der Waals surface area contributed by atoms with E-state index >= 15 is 0 Å². The van der Waals surface area contributed by atoms with Crippen molar-refractivity contribution < 1.29 is 34.0 Å². The van der Waals surface area contributed by atoms with Gasteiger partial charge in [-0.25, -0.2) is 0 Å². The number of carbonyl (C=O) groups is 1. The van der Waals surface area contributed by atoms with Crippen LogP contribution in [0.5, 0.6) is 0 Å². The zero-order valence-electron chi connectivity index (χ0n) is 33.3. The first kappa shape index (κ1) is 37.1. The van der Waals surface area contributed by atoms with Crippen molar-refractivity contribution in [3.05, 3.63) is 0 Å². The second-order valence-corrected chi connectivity index (χ2v) is 20.4. The summed E-state index contributed by atoms with van der Waals surface area (Å²) in [6.45, 7) is 24.3. The van der Waals surface area contributed by atoms with Crippen LogP contribution in [0.2, 0.25) is 0 Å². The predicted octanol–water partition coefficient (Wildman–Crippen LogP) is 5.64. The summed E-state index contributed by atoms with van der Waals surface area (Å²) >= 11 is 0. The molecule has 8 aliphatic rings. The van der Waals surface area contributed by atoms with Crippen molar-refractivity contribution in [2.45, 2.75) is 169 Å². The molecular formula is C42H70N2O7. The molecule has 3 saturated heterocycles. The molecule has 3 heterocycles. The van der Waals surface area contributed by atoms with Crippen LogP contribution in [0.25, 0.3) is 0 Å². The van der Waals surface area contributed by atoms with Crippen molar-refractivity contribution in [1.82, 2.24) is 9.80 Å². The Bertz CT molecular complexity index is 1350. The summed E-state index contributed by atoms with van der Waals surface area (Å²) in [7, 11) is 0. The molecule has 9 heteroatoms. The molecule has 51 heavy (non-hydrogen) atoms. The lowest BCUT2D eigenvalue weighted by molar-refractivity contribution is -0.250. The lowest BCUT2D eigenvalue weighted by atomic mass is 9.41. The summed E-state index contributed by atoms with van der Waals surface area (Å²) < 4.78 is 26.3. The summed E-state index contributed by atoms with van der Waals surface area (Å²) in [5.41, 5.74) is -0.659. The highest BCUT2D eigenvalue weighted by molar-refractivity contribution is 5.82. The fourth-order valence-corrected chi connectivity index (χ4v) is 14.9. The summed E-state index contributed by atoms with van der Waals surface area (Å²) in [5.74, 6) is 1.97. The van der Waals surface area contributed by atoms with Gasteiger partial charge in [0.05, 0.1) is 49.2 Å². The number of rotatable bonds is 8. The Hall–Kier alpha value is -0.810. The van der Waals surface area contributed by atoms with E-state index in [1.54, 1.807) is 0 Å². The summed E-state index contributed by atoms with van der Waals surface area (Å²) in [6.07, 6.45) is 8.60. The molecule has 290 valence electrons. The molecule has 5 aliphatic carbocycles. The SMILES string of the molecule is CCO[C@@H]([C@H]1C[C@@H](C)[C@H]2[C@H](O1)[C@H](O)[C@@]1(C)[C@@H]3CC[C@H]4C(C)(C)[C@@H](O[C@H]5CN([C@H](C)C(=O)N6CCC6)CCO5)CCC45CC35CC[C@]21C)C(C)(C)O. The Morgan fingerprint density at radius 2 is 1.73 bits per heavy atom. The van der Waals surface area contributed by atoms with Gasteiger partial charge in [-0.15, -0.1) is 0 Å². The molecule has 0 bridgehead atoms. The molecule has 0 radical (unpaired) electrons. The van der Waals surface area contributed by atoms with E-state index in [9.17, 15) is 15.0 Å². The molecule has 0 aromatic carbocycles. The highest BCUT2D eigenvalue weighted by Gasteiger charge is 2.84. The van der Waals surface area contributed by atoms with Gasteiger partial charge in [-0.2, -0.15) is 0 Å². The highest BCUT2D eigenvalue weighted by Crippen LogP contribution is 2.89. The Labute approximate surface area is 307 Å². The first-order chi connectivity index (χ1) is 24.0. The minimum absolute atomic E-state index is 0.00194. The molecule has 3 aliphatic heterocycles. The van der Waals surface area contributed by atoms with Crippen LogP contribution in [-0.2, 0) is 23.7 Å². The number of amides is 1. The zero-order chi connectivity index (χ0) is 36.5. The maximum absolute atomic E-state index is 13.0. The molecule has 0 aromatic heterocycles. The minimum Gasteiger partial charge on any atom is -0.390 e. The fraction of sp³-hybridized carbons (Fsp3) is 0.976. The van der Waals surface area contributed by atoms with E-state index < -0.39 is 17.8 Å². The standard InChI is InChI=1S/C42H70N2O7/c1-10-48-35(38(6,7)47)27-22-25(2)32-33(50-27)34(45)40(9)29-13-12-28-37(4,5)30(14-15-41(28)24-42(29,41)17-16-39(32,40)8)51-31-23-44(20-21-49-31)26(3)36(46)43-18-11-19-43/h25-35,45,47H,10-24H2,1-9H3/t25-,26-,27-,28+,29+,30+,31+,32+,33+,34+,35+,39-,40-,41?,42?/m1/s1. The average molecular weight is 715 g/mol. The van der Waals surface area contributed by atoms with E-state index in [2.05, 4.69) is 39.5 Å². The van der Waals surface area contributed by atoms with Crippen LogP contribution in [0.1, 0.15) is 120 Å². The second kappa shape index (κ2) is 12.3. The van der Waals surface area contributed by atoms with Gasteiger partial charge in [0.2, 0.25) is 5.91 Å². The van der Waals surface area contributed by atoms with Crippen molar-refractivity contribution in [2.75, 3.05) is 39.4 Å². The third-order valence-corrected chi connectivity index (χ3v) is 17.6. The van der Waals surface area contributed by atoms with Gasteiger partial charge in [-0.05, 0) is 131 Å². The Morgan fingerprint density at radius 1 is 1.02 bits per heavy atom. The zero-order valence-corrected chi connectivity index (χ0v) is 33.3. The van der Waals surface area contributed by atoms with E-state index in [0.717, 1.165) is 51.7 Å². The van der Waals surface area contributed by atoms with Gasteiger partial charge in [-0.3, -0.25) is 9.69 Å². The summed E-state index contributed by atoms with van der Waals surface area (Å²) in [6, 6.07) is -0.135. The van der Waals surface area contributed by atoms with Crippen molar-refractivity contribution in [1.29, 1.82) is 0 Å². The molecule has 8 rings (SSSR count). The number of morpholine rings is 1. The normalized spacial score (nSPS) is 50.1. The van der Waals surface area contributed by atoms with Gasteiger partial charge in [-0.1, -0.05) is 34.6 Å². The first-order valence-corrected chi connectivity index (χ1v) is 20.9. The molecule has 0 aromatic rings. The number of hydrogen-bond donors (Lipinski definition) is 2. The van der Waals surface area contributed by atoms with Gasteiger partial charge in [0.25, 0.3) is 0 Å². The third-order valence-electron chi connectivity index (χ3n) is 17.6. The van der Waals surface area contributed by atoms with Gasteiger partial charge in [0.1, 0.15) is 6.10 Å². The summed E-state index contributed by atoms with van der Waals surface area (Å²) in [4.78, 5) is 17.3. The molecule has 15 atom stereocenters. The lowest BCUT2D eigenvalue weighted by Gasteiger charge is -2.64. The number of ether oxygens (including phenoxy) is 4. The van der Waals surface area contributed by atoms with Gasteiger partial charge < -0.3 is 34.1 Å². The number of likely N-dealkylation sites (tertiary alicyclic amines) is 1. The lowest BCUT2D eigenvalue weighted by Crippen LogP contribution is -2.60. The van der Waals surface area contributed by atoms with Crippen LogP contribution in [0, 0.1) is 50.7 Å². The average Bonchev–Trinajstić information content (AvgIpc) is 3.68. The molecule has 2 unspecified atom stereocenters. The van der Waals surface area contributed by atoms with Crippen molar-refractivity contribution in [3.63, 3.8) is 0 Å². The van der Waals surface area contributed by atoms with Crippen LogP contribution < -0.4 is 0 Å². The van der Waals surface area contributed by atoms with E-state index in [-0.39, 0.29) is 58.2 Å². The van der Waals surface area contributed by atoms with Gasteiger partial charge in [0, 0.05) is 31.7 Å². The van der Waals surface area contributed by atoms with Crippen molar-refractivity contribution >= 4 is 5.91 Å². The Balaban J connectivity index is 0.993. The molecule has 5 saturated carbocycles. The minimum atomic E-state index is -1.02. The largest absolute Gasteiger partial charge is 0.390 e. The maximum atomic E-state index is 13.0. The maximum Gasteiger partial charge on any atom is 0.239 e. The van der Waals surface area contributed by atoms with E-state index in [1.165, 1.54) is 25.7 Å². The number of aliphatic hydroxyl groups is 2. The quantitative estimate of drug-likeness (QED) is 0.334. The molecular weight excluding hydrogens is 644 g/mol. The number of fused-ring (bicyclic) bond motifs is 4. The predicted molar refractivity (Wildman–Crippen MR) is 195 cm³/mol. The fourth-order valence-electron chi connectivity index (χ4n) is 14.9. The van der Waals surface area contributed by atoms with Crippen LogP contribution in [0.3, 0.4) is 0 Å². The Kier molecular flexibility index (Phi) is 8.99. The number of carbonyl (C=O) groups excluding carboxylic acids is 1. The van der Waals surface area contributed by atoms with Crippen LogP contribution >= 0.6 is 0 Å². The van der Waals surface area contributed by atoms with E-state index in [4.69, 9.17) is 18.9 Å². The molecule has 1 amide bonds. The first-order valence-electron chi connectivity index (χ1n) is 20.9. The van der Waals surface area contributed by atoms with Gasteiger partial charge >= 0.3 is 0 Å². The second-order valence-electron chi connectivity index (χ2n) is 20.4. The topological polar surface area (TPSA) is 101 Å². The van der Waals surface area contributed by atoms with Crippen LogP contribution in [-0.4, -0.2) is 114 Å². The monoisotopic (exact) mass is 715 g/mol. The molecule has 9 nitrogen and oxygen atoms in total. The third kappa shape index (κ3) is 5.13.